The van der Waals surface area contributed by atoms with E-state index in [2.05, 4.69) is 5.32 Å². The molecule has 3 nitrogen and oxygen atoms in total. The number of rotatable bonds is 3. The fraction of sp³-hybridized carbons (Fsp3) is 1.00. The summed E-state index contributed by atoms with van der Waals surface area (Å²) < 4.78 is 0. The Morgan fingerprint density at radius 1 is 1.62 bits per heavy atom. The molecule has 0 aromatic rings. The van der Waals surface area contributed by atoms with Crippen LogP contribution in [0.5, 0.6) is 0 Å². The van der Waals surface area contributed by atoms with Gasteiger partial charge in [-0.15, -0.1) is 0 Å². The first-order chi connectivity index (χ1) is 3.68. The molecule has 0 aliphatic heterocycles. The number of nitrogens with one attached hydrogen (secondary N) is 1. The van der Waals surface area contributed by atoms with Crippen LogP contribution in [0.25, 0.3) is 0 Å². The second kappa shape index (κ2) is 3.83. The predicted molar refractivity (Wildman–Crippen MR) is 35.6 cm³/mol. The summed E-state index contributed by atoms with van der Waals surface area (Å²) in [5.74, 6) is 0. The summed E-state index contributed by atoms with van der Waals surface area (Å²) in [4.78, 5) is 1.97. The smallest absolute Gasteiger partial charge is 0.0695 e. The topological polar surface area (TPSA) is 41.3 Å². The molecular weight excluding hydrogens is 102 g/mol. The molecular formula is C5H15N3. The molecule has 0 rings (SSSR count). The van der Waals surface area contributed by atoms with Crippen LogP contribution in [-0.2, 0) is 0 Å². The highest BCUT2D eigenvalue weighted by molar-refractivity contribution is 4.57. The molecule has 0 amide bonds. The Labute approximate surface area is 50.8 Å². The van der Waals surface area contributed by atoms with Crippen molar-refractivity contribution in [2.45, 2.75) is 6.17 Å². The molecule has 0 radical (unpaired) electrons. The van der Waals surface area contributed by atoms with E-state index in [4.69, 9.17) is 5.73 Å². The van der Waals surface area contributed by atoms with Gasteiger partial charge in [0, 0.05) is 6.54 Å². The van der Waals surface area contributed by atoms with E-state index < -0.39 is 0 Å². The average Bonchev–Trinajstić information content (AvgIpc) is 1.67. The summed E-state index contributed by atoms with van der Waals surface area (Å²) >= 11 is 0. The monoisotopic (exact) mass is 117 g/mol. The molecule has 0 saturated heterocycles. The maximum atomic E-state index is 5.59. The van der Waals surface area contributed by atoms with Crippen molar-refractivity contribution < 1.29 is 0 Å². The minimum atomic E-state index is 0.139. The Hall–Kier alpha value is -0.120. The average molecular weight is 117 g/mol. The zero-order chi connectivity index (χ0) is 6.57. The van der Waals surface area contributed by atoms with Crippen molar-refractivity contribution >= 4 is 0 Å². The van der Waals surface area contributed by atoms with Gasteiger partial charge in [0.2, 0.25) is 0 Å². The van der Waals surface area contributed by atoms with E-state index >= 15 is 0 Å². The first-order valence-electron chi connectivity index (χ1n) is 2.75. The molecule has 0 aliphatic rings. The van der Waals surface area contributed by atoms with Crippen molar-refractivity contribution in [3.63, 3.8) is 0 Å². The first-order valence-corrected chi connectivity index (χ1v) is 2.75. The van der Waals surface area contributed by atoms with Crippen LogP contribution in [-0.4, -0.2) is 38.8 Å². The number of likely N-dealkylation sites (N-methyl/N-ethyl adjacent to an activating group) is 2. The maximum Gasteiger partial charge on any atom is 0.0695 e. The lowest BCUT2D eigenvalue weighted by molar-refractivity contribution is 0.295. The fourth-order valence-electron chi connectivity index (χ4n) is 0.392. The third-order valence-electron chi connectivity index (χ3n) is 1.08. The van der Waals surface area contributed by atoms with Crippen LogP contribution in [0.4, 0.5) is 0 Å². The van der Waals surface area contributed by atoms with Gasteiger partial charge in [-0.2, -0.15) is 0 Å². The van der Waals surface area contributed by atoms with Crippen molar-refractivity contribution in [1.29, 1.82) is 0 Å². The van der Waals surface area contributed by atoms with Crippen LogP contribution in [0.1, 0.15) is 0 Å². The maximum absolute atomic E-state index is 5.59. The highest BCUT2D eigenvalue weighted by Gasteiger charge is 1.99. The molecule has 50 valence electrons. The zero-order valence-electron chi connectivity index (χ0n) is 5.81. The second-order valence-electron chi connectivity index (χ2n) is 2.09. The van der Waals surface area contributed by atoms with Gasteiger partial charge < -0.3 is 11.1 Å². The molecule has 0 heterocycles. The van der Waals surface area contributed by atoms with E-state index in [0.717, 1.165) is 6.54 Å². The lowest BCUT2D eigenvalue weighted by Gasteiger charge is -2.18. The van der Waals surface area contributed by atoms with Gasteiger partial charge in [-0.3, -0.25) is 4.90 Å². The van der Waals surface area contributed by atoms with Crippen LogP contribution < -0.4 is 11.1 Å². The van der Waals surface area contributed by atoms with Crippen molar-refractivity contribution in [1.82, 2.24) is 10.2 Å². The largest absolute Gasteiger partial charge is 0.317 e. The van der Waals surface area contributed by atoms with Crippen molar-refractivity contribution in [3.8, 4) is 0 Å². The number of hydrogen-bond donors (Lipinski definition) is 2. The number of nitrogens with zero attached hydrogens (tertiary/aromatic N) is 1. The fourth-order valence-corrected chi connectivity index (χ4v) is 0.392. The summed E-state index contributed by atoms with van der Waals surface area (Å²) in [6.45, 7) is 0.840. The van der Waals surface area contributed by atoms with Crippen molar-refractivity contribution in [2.75, 3.05) is 27.7 Å². The predicted octanol–water partition coefficient (Wildman–Crippen LogP) is -0.948. The van der Waals surface area contributed by atoms with E-state index in [9.17, 15) is 0 Å². The standard InChI is InChI=1S/C5H15N3/c1-7-4-5(6)8(2)3/h5,7H,4,6H2,1-3H3. The van der Waals surface area contributed by atoms with Crippen molar-refractivity contribution in [2.24, 2.45) is 5.73 Å². The van der Waals surface area contributed by atoms with Gasteiger partial charge in [-0.25, -0.2) is 0 Å². The van der Waals surface area contributed by atoms with Crippen LogP contribution in [0, 0.1) is 0 Å². The third kappa shape index (κ3) is 2.96. The van der Waals surface area contributed by atoms with E-state index in [0.29, 0.717) is 0 Å². The third-order valence-corrected chi connectivity index (χ3v) is 1.08. The highest BCUT2D eigenvalue weighted by atomic mass is 15.2. The Morgan fingerprint density at radius 3 is 2.25 bits per heavy atom. The Kier molecular flexibility index (Phi) is 3.77. The van der Waals surface area contributed by atoms with E-state index in [1.807, 2.05) is 26.0 Å². The molecule has 0 aliphatic carbocycles. The minimum Gasteiger partial charge on any atom is -0.317 e. The molecule has 3 heteroatoms. The van der Waals surface area contributed by atoms with Crippen LogP contribution in [0.15, 0.2) is 0 Å². The summed E-state index contributed by atoms with van der Waals surface area (Å²) in [5.41, 5.74) is 5.59. The van der Waals surface area contributed by atoms with Gasteiger partial charge in [0.15, 0.2) is 0 Å². The Balaban J connectivity index is 3.17. The zero-order valence-corrected chi connectivity index (χ0v) is 5.81. The Bertz CT molecular complexity index is 53.6. The summed E-state index contributed by atoms with van der Waals surface area (Å²) in [5, 5.41) is 2.98. The lowest BCUT2D eigenvalue weighted by atomic mass is 10.5. The Morgan fingerprint density at radius 2 is 2.12 bits per heavy atom. The summed E-state index contributed by atoms with van der Waals surface area (Å²) in [7, 11) is 5.81. The van der Waals surface area contributed by atoms with Gasteiger partial charge in [0.1, 0.15) is 0 Å². The minimum absolute atomic E-state index is 0.139. The quantitative estimate of drug-likeness (QED) is 0.468. The molecule has 0 fully saturated rings. The molecule has 0 saturated carbocycles. The SMILES string of the molecule is CNCC(N)N(C)C. The van der Waals surface area contributed by atoms with Gasteiger partial charge in [-0.1, -0.05) is 0 Å². The molecule has 1 atom stereocenters. The van der Waals surface area contributed by atoms with Gasteiger partial charge in [-0.05, 0) is 21.1 Å². The molecule has 0 aromatic heterocycles. The molecule has 0 bridgehead atoms. The molecule has 1 unspecified atom stereocenters. The lowest BCUT2D eigenvalue weighted by Crippen LogP contribution is -2.43. The van der Waals surface area contributed by atoms with Crippen LogP contribution in [0.2, 0.25) is 0 Å². The summed E-state index contributed by atoms with van der Waals surface area (Å²) in [6, 6.07) is 0. The van der Waals surface area contributed by atoms with Gasteiger partial charge in [0.25, 0.3) is 0 Å². The molecule has 8 heavy (non-hydrogen) atoms. The van der Waals surface area contributed by atoms with Gasteiger partial charge in [0.05, 0.1) is 6.17 Å². The second-order valence-corrected chi connectivity index (χ2v) is 2.09. The van der Waals surface area contributed by atoms with Crippen LogP contribution in [0.3, 0.4) is 0 Å². The molecule has 3 N–H and O–H groups in total. The molecule has 0 aromatic carbocycles. The molecule has 0 spiro atoms. The van der Waals surface area contributed by atoms with Crippen LogP contribution >= 0.6 is 0 Å². The van der Waals surface area contributed by atoms with E-state index in [1.54, 1.807) is 0 Å². The van der Waals surface area contributed by atoms with Crippen molar-refractivity contribution in [3.05, 3.63) is 0 Å². The summed E-state index contributed by atoms with van der Waals surface area (Å²) in [6.07, 6.45) is 0.139. The van der Waals surface area contributed by atoms with E-state index in [1.165, 1.54) is 0 Å². The first kappa shape index (κ1) is 7.88. The number of nitrogens with two attached hydrogens (primary N) is 1. The number of hydrogen-bond acceptors (Lipinski definition) is 3. The van der Waals surface area contributed by atoms with Gasteiger partial charge >= 0.3 is 0 Å². The highest BCUT2D eigenvalue weighted by Crippen LogP contribution is 1.77. The van der Waals surface area contributed by atoms with E-state index in [-0.39, 0.29) is 6.17 Å². The normalized spacial score (nSPS) is 14.6.